The Balaban J connectivity index is 2.44. The van der Waals surface area contributed by atoms with Crippen LogP contribution in [-0.2, 0) is 7.05 Å². The van der Waals surface area contributed by atoms with Gasteiger partial charge in [-0.1, -0.05) is 6.07 Å². The minimum atomic E-state index is -0.674. The fourth-order valence-corrected chi connectivity index (χ4v) is 2.78. The molecule has 0 saturated heterocycles. The number of hydrogen-bond acceptors (Lipinski definition) is 4. The highest BCUT2D eigenvalue weighted by molar-refractivity contribution is 5.84. The van der Waals surface area contributed by atoms with Crippen LogP contribution in [0.15, 0.2) is 27.5 Å². The molecule has 0 spiro atoms. The van der Waals surface area contributed by atoms with Gasteiger partial charge in [0.1, 0.15) is 11.3 Å². The SMILES string of the molecule is Cc1cc([C@@H](C)N)c2oc(-c3cn(C)nc3F)c(C)c(=O)c2c1. The van der Waals surface area contributed by atoms with Crippen molar-refractivity contribution >= 4 is 11.0 Å². The van der Waals surface area contributed by atoms with Gasteiger partial charge in [0.2, 0.25) is 5.95 Å². The highest BCUT2D eigenvalue weighted by Crippen LogP contribution is 2.31. The molecular formula is C17H18FN3O2. The monoisotopic (exact) mass is 315 g/mol. The second kappa shape index (κ2) is 5.31. The lowest BCUT2D eigenvalue weighted by molar-refractivity contribution is 0.547. The number of benzene rings is 1. The van der Waals surface area contributed by atoms with Crippen LogP contribution in [-0.4, -0.2) is 9.78 Å². The topological polar surface area (TPSA) is 74.0 Å². The number of halogens is 1. The summed E-state index contributed by atoms with van der Waals surface area (Å²) >= 11 is 0. The Morgan fingerprint density at radius 2 is 2.04 bits per heavy atom. The quantitative estimate of drug-likeness (QED) is 0.789. The molecular weight excluding hydrogens is 297 g/mol. The lowest BCUT2D eigenvalue weighted by Gasteiger charge is -2.13. The molecule has 5 nitrogen and oxygen atoms in total. The van der Waals surface area contributed by atoms with E-state index in [1.54, 1.807) is 20.0 Å². The van der Waals surface area contributed by atoms with E-state index in [1.807, 2.05) is 19.9 Å². The molecule has 0 unspecified atom stereocenters. The maximum atomic E-state index is 14.0. The molecule has 0 aliphatic heterocycles. The molecule has 0 aliphatic carbocycles. The average Bonchev–Trinajstić information content (AvgIpc) is 2.81. The zero-order chi connectivity index (χ0) is 16.9. The molecule has 0 aliphatic rings. The van der Waals surface area contributed by atoms with Gasteiger partial charge in [0.15, 0.2) is 5.43 Å². The maximum Gasteiger partial charge on any atom is 0.243 e. The number of fused-ring (bicyclic) bond motifs is 1. The Morgan fingerprint density at radius 3 is 2.61 bits per heavy atom. The average molecular weight is 315 g/mol. The van der Waals surface area contributed by atoms with Gasteiger partial charge in [-0.3, -0.25) is 9.48 Å². The highest BCUT2D eigenvalue weighted by atomic mass is 19.1. The normalized spacial score (nSPS) is 12.8. The van der Waals surface area contributed by atoms with Gasteiger partial charge in [0.25, 0.3) is 0 Å². The standard InChI is InChI=1S/C17H18FN3O2/c1-8-5-11(10(3)19)16-12(6-8)14(22)9(2)15(23-16)13-7-21(4)20-17(13)18/h5-7,10H,19H2,1-4H3/t10-/m1/s1. The van der Waals surface area contributed by atoms with Gasteiger partial charge in [0.05, 0.1) is 10.9 Å². The first-order valence-electron chi connectivity index (χ1n) is 7.32. The van der Waals surface area contributed by atoms with Crippen LogP contribution < -0.4 is 11.2 Å². The Morgan fingerprint density at radius 1 is 1.35 bits per heavy atom. The van der Waals surface area contributed by atoms with E-state index in [0.717, 1.165) is 11.1 Å². The summed E-state index contributed by atoms with van der Waals surface area (Å²) in [5.74, 6) is -0.480. The second-order valence-corrected chi connectivity index (χ2v) is 5.91. The summed E-state index contributed by atoms with van der Waals surface area (Å²) < 4.78 is 21.3. The van der Waals surface area contributed by atoms with Crippen molar-refractivity contribution in [1.82, 2.24) is 9.78 Å². The third kappa shape index (κ3) is 2.45. The molecule has 6 heteroatoms. The van der Waals surface area contributed by atoms with Crippen LogP contribution in [0.2, 0.25) is 0 Å². The van der Waals surface area contributed by atoms with Gasteiger partial charge in [-0.2, -0.15) is 4.39 Å². The first kappa shape index (κ1) is 15.4. The van der Waals surface area contributed by atoms with E-state index >= 15 is 0 Å². The first-order valence-corrected chi connectivity index (χ1v) is 7.32. The van der Waals surface area contributed by atoms with E-state index in [9.17, 15) is 9.18 Å². The molecule has 3 aromatic rings. The van der Waals surface area contributed by atoms with Gasteiger partial charge < -0.3 is 10.2 Å². The van der Waals surface area contributed by atoms with Crippen molar-refractivity contribution in [1.29, 1.82) is 0 Å². The molecule has 2 aromatic heterocycles. The van der Waals surface area contributed by atoms with E-state index in [1.165, 1.54) is 10.9 Å². The van der Waals surface area contributed by atoms with Crippen LogP contribution in [0.25, 0.3) is 22.3 Å². The Labute approximate surface area is 132 Å². The number of nitrogens with two attached hydrogens (primary N) is 1. The summed E-state index contributed by atoms with van der Waals surface area (Å²) in [5.41, 5.74) is 8.40. The molecule has 120 valence electrons. The predicted molar refractivity (Wildman–Crippen MR) is 86.7 cm³/mol. The van der Waals surface area contributed by atoms with E-state index in [-0.39, 0.29) is 22.8 Å². The summed E-state index contributed by atoms with van der Waals surface area (Å²) in [5, 5.41) is 4.13. The predicted octanol–water partition coefficient (Wildman–Crippen LogP) is 2.97. The summed E-state index contributed by atoms with van der Waals surface area (Å²) in [6.45, 7) is 5.34. The number of rotatable bonds is 2. The largest absolute Gasteiger partial charge is 0.455 e. The van der Waals surface area contributed by atoms with Crippen LogP contribution in [0.5, 0.6) is 0 Å². The molecule has 1 aromatic carbocycles. The third-order valence-corrected chi connectivity index (χ3v) is 3.91. The van der Waals surface area contributed by atoms with Crippen molar-refractivity contribution in [2.24, 2.45) is 12.8 Å². The van der Waals surface area contributed by atoms with Gasteiger partial charge in [-0.15, -0.1) is 5.10 Å². The van der Waals surface area contributed by atoms with Crippen LogP contribution in [0.4, 0.5) is 4.39 Å². The van der Waals surface area contributed by atoms with E-state index in [0.29, 0.717) is 16.5 Å². The Bertz CT molecular complexity index is 970. The second-order valence-electron chi connectivity index (χ2n) is 5.91. The highest BCUT2D eigenvalue weighted by Gasteiger charge is 2.20. The number of aromatic nitrogens is 2. The van der Waals surface area contributed by atoms with Gasteiger partial charge >= 0.3 is 0 Å². The molecule has 2 N–H and O–H groups in total. The minimum absolute atomic E-state index is 0.167. The van der Waals surface area contributed by atoms with E-state index < -0.39 is 5.95 Å². The van der Waals surface area contributed by atoms with Crippen molar-refractivity contribution < 1.29 is 8.81 Å². The molecule has 23 heavy (non-hydrogen) atoms. The fraction of sp³-hybridized carbons (Fsp3) is 0.294. The first-order chi connectivity index (χ1) is 10.8. The van der Waals surface area contributed by atoms with E-state index in [2.05, 4.69) is 5.10 Å². The Hall–Kier alpha value is -2.47. The van der Waals surface area contributed by atoms with Crippen LogP contribution >= 0.6 is 0 Å². The van der Waals surface area contributed by atoms with Crippen LogP contribution in [0.1, 0.15) is 29.7 Å². The van der Waals surface area contributed by atoms with Crippen molar-refractivity contribution in [3.63, 3.8) is 0 Å². The molecule has 0 radical (unpaired) electrons. The van der Waals surface area contributed by atoms with Crippen LogP contribution in [0.3, 0.4) is 0 Å². The van der Waals surface area contributed by atoms with Gasteiger partial charge in [-0.25, -0.2) is 0 Å². The third-order valence-electron chi connectivity index (χ3n) is 3.91. The molecule has 3 rings (SSSR count). The van der Waals surface area contributed by atoms with Crippen molar-refractivity contribution in [3.05, 3.63) is 51.2 Å². The summed E-state index contributed by atoms with van der Waals surface area (Å²) in [4.78, 5) is 12.7. The maximum absolute atomic E-state index is 14.0. The molecule has 0 saturated carbocycles. The zero-order valence-electron chi connectivity index (χ0n) is 13.5. The van der Waals surface area contributed by atoms with E-state index in [4.69, 9.17) is 10.2 Å². The van der Waals surface area contributed by atoms with Crippen molar-refractivity contribution in [3.8, 4) is 11.3 Å². The fourth-order valence-electron chi connectivity index (χ4n) is 2.78. The molecule has 2 heterocycles. The van der Waals surface area contributed by atoms with Crippen molar-refractivity contribution in [2.45, 2.75) is 26.8 Å². The lowest BCUT2D eigenvalue weighted by Crippen LogP contribution is -2.12. The Kier molecular flexibility index (Phi) is 3.56. The molecule has 1 atom stereocenters. The molecule has 0 amide bonds. The van der Waals surface area contributed by atoms with Gasteiger partial charge in [-0.05, 0) is 32.4 Å². The molecule has 0 bridgehead atoms. The van der Waals surface area contributed by atoms with Crippen molar-refractivity contribution in [2.75, 3.05) is 0 Å². The lowest BCUT2D eigenvalue weighted by atomic mass is 10.00. The number of nitrogens with zero attached hydrogens (tertiary/aromatic N) is 2. The smallest absolute Gasteiger partial charge is 0.243 e. The number of hydrogen-bond donors (Lipinski definition) is 1. The number of aryl methyl sites for hydroxylation is 2. The minimum Gasteiger partial charge on any atom is -0.455 e. The zero-order valence-corrected chi connectivity index (χ0v) is 13.5. The summed E-state index contributed by atoms with van der Waals surface area (Å²) in [6, 6.07) is 3.34. The van der Waals surface area contributed by atoms with Crippen LogP contribution in [0, 0.1) is 19.8 Å². The molecule has 0 fully saturated rings. The van der Waals surface area contributed by atoms with Gasteiger partial charge in [0, 0.05) is 30.4 Å². The summed E-state index contributed by atoms with van der Waals surface area (Å²) in [7, 11) is 1.61. The summed E-state index contributed by atoms with van der Waals surface area (Å²) in [6.07, 6.45) is 1.49.